The predicted octanol–water partition coefficient (Wildman–Crippen LogP) is 6.58. The first-order chi connectivity index (χ1) is 14.8. The van der Waals surface area contributed by atoms with Crippen molar-refractivity contribution < 1.29 is 9.26 Å². The lowest BCUT2D eigenvalue weighted by atomic mass is 10.1. The predicted molar refractivity (Wildman–Crippen MR) is 119 cm³/mol. The van der Waals surface area contributed by atoms with Crippen LogP contribution >= 0.6 is 15.9 Å². The maximum Gasteiger partial charge on any atom is 0.263 e. The SMILES string of the molecule is Brc1ccc(Oc2ccc(Nc3ncnc4onc(-c5ccccc5)c34)cc2)cc1. The Hall–Kier alpha value is -3.71. The summed E-state index contributed by atoms with van der Waals surface area (Å²) >= 11 is 3.42. The van der Waals surface area contributed by atoms with Gasteiger partial charge in [0.05, 0.1) is 0 Å². The van der Waals surface area contributed by atoms with Crippen molar-refractivity contribution in [2.24, 2.45) is 0 Å². The second-order valence-electron chi connectivity index (χ2n) is 6.50. The molecule has 2 aromatic heterocycles. The van der Waals surface area contributed by atoms with Gasteiger partial charge in [0.25, 0.3) is 5.71 Å². The zero-order valence-corrected chi connectivity index (χ0v) is 17.2. The van der Waals surface area contributed by atoms with Crippen LogP contribution in [0.3, 0.4) is 0 Å². The summed E-state index contributed by atoms with van der Waals surface area (Å²) in [5.74, 6) is 2.14. The fourth-order valence-corrected chi connectivity index (χ4v) is 3.32. The Labute approximate surface area is 180 Å². The van der Waals surface area contributed by atoms with Crippen LogP contribution in [-0.2, 0) is 0 Å². The summed E-state index contributed by atoms with van der Waals surface area (Å²) in [5.41, 5.74) is 2.93. The molecular formula is C23H15BrN4O2. The van der Waals surface area contributed by atoms with Crippen LogP contribution in [0, 0.1) is 0 Å². The molecule has 0 aliphatic heterocycles. The minimum absolute atomic E-state index is 0.432. The molecule has 0 saturated heterocycles. The zero-order valence-electron chi connectivity index (χ0n) is 15.6. The molecule has 0 bridgehead atoms. The van der Waals surface area contributed by atoms with Crippen molar-refractivity contribution >= 4 is 38.5 Å². The van der Waals surface area contributed by atoms with Crippen molar-refractivity contribution in [1.29, 1.82) is 0 Å². The molecule has 0 aliphatic rings. The molecular weight excluding hydrogens is 444 g/mol. The summed E-state index contributed by atoms with van der Waals surface area (Å²) in [6.45, 7) is 0. The number of anilines is 2. The van der Waals surface area contributed by atoms with E-state index in [1.807, 2.05) is 78.9 Å². The molecule has 5 rings (SSSR count). The van der Waals surface area contributed by atoms with Crippen LogP contribution in [0.25, 0.3) is 22.4 Å². The summed E-state index contributed by atoms with van der Waals surface area (Å²) in [5, 5.41) is 8.26. The smallest absolute Gasteiger partial charge is 0.263 e. The molecule has 0 aliphatic carbocycles. The van der Waals surface area contributed by atoms with Crippen LogP contribution in [0.2, 0.25) is 0 Å². The first-order valence-corrected chi connectivity index (χ1v) is 10.0. The van der Waals surface area contributed by atoms with Crippen molar-refractivity contribution in [2.45, 2.75) is 0 Å². The summed E-state index contributed by atoms with van der Waals surface area (Å²) in [7, 11) is 0. The molecule has 0 atom stereocenters. The Kier molecular flexibility index (Phi) is 4.86. The number of nitrogens with one attached hydrogen (secondary N) is 1. The Morgan fingerprint density at radius 3 is 2.23 bits per heavy atom. The number of fused-ring (bicyclic) bond motifs is 1. The lowest BCUT2D eigenvalue weighted by molar-refractivity contribution is 0.451. The highest BCUT2D eigenvalue weighted by Gasteiger charge is 2.16. The number of hydrogen-bond acceptors (Lipinski definition) is 6. The average molecular weight is 459 g/mol. The number of aromatic nitrogens is 3. The lowest BCUT2D eigenvalue weighted by Crippen LogP contribution is -1.96. The zero-order chi connectivity index (χ0) is 20.3. The highest BCUT2D eigenvalue weighted by atomic mass is 79.9. The Balaban J connectivity index is 1.42. The monoisotopic (exact) mass is 458 g/mol. The minimum Gasteiger partial charge on any atom is -0.457 e. The molecule has 2 heterocycles. The van der Waals surface area contributed by atoms with Crippen molar-refractivity contribution in [3.8, 4) is 22.8 Å². The molecule has 0 amide bonds. The normalized spacial score (nSPS) is 10.8. The van der Waals surface area contributed by atoms with Gasteiger partial charge in [0.15, 0.2) is 0 Å². The molecule has 1 N–H and O–H groups in total. The highest BCUT2D eigenvalue weighted by Crippen LogP contribution is 2.33. The molecule has 3 aromatic carbocycles. The van der Waals surface area contributed by atoms with E-state index >= 15 is 0 Å². The standard InChI is InChI=1S/C23H15BrN4O2/c24-16-6-10-18(11-7-16)29-19-12-8-17(9-13-19)27-22-20-21(15-4-2-1-3-5-15)28-30-23(20)26-14-25-22/h1-14H,(H,25,26,27). The highest BCUT2D eigenvalue weighted by molar-refractivity contribution is 9.10. The van der Waals surface area contributed by atoms with E-state index in [9.17, 15) is 0 Å². The third-order valence-corrected chi connectivity index (χ3v) is 5.01. The van der Waals surface area contributed by atoms with Crippen molar-refractivity contribution in [2.75, 3.05) is 5.32 Å². The summed E-state index contributed by atoms with van der Waals surface area (Å²) in [4.78, 5) is 8.59. The minimum atomic E-state index is 0.432. The molecule has 30 heavy (non-hydrogen) atoms. The van der Waals surface area contributed by atoms with Crippen LogP contribution in [-0.4, -0.2) is 15.1 Å². The Morgan fingerprint density at radius 1 is 0.800 bits per heavy atom. The largest absolute Gasteiger partial charge is 0.457 e. The van der Waals surface area contributed by atoms with Gasteiger partial charge >= 0.3 is 0 Å². The number of ether oxygens (including phenoxy) is 1. The fraction of sp³-hybridized carbons (Fsp3) is 0. The average Bonchev–Trinajstić information content (AvgIpc) is 3.23. The first kappa shape index (κ1) is 18.3. The van der Waals surface area contributed by atoms with Gasteiger partial charge < -0.3 is 14.6 Å². The van der Waals surface area contributed by atoms with E-state index in [1.54, 1.807) is 0 Å². The molecule has 6 nitrogen and oxygen atoms in total. The molecule has 0 spiro atoms. The number of nitrogens with zero attached hydrogens (tertiary/aromatic N) is 3. The maximum atomic E-state index is 5.87. The first-order valence-electron chi connectivity index (χ1n) is 9.22. The van der Waals surface area contributed by atoms with E-state index < -0.39 is 0 Å². The second-order valence-corrected chi connectivity index (χ2v) is 7.42. The number of rotatable bonds is 5. The van der Waals surface area contributed by atoms with Gasteiger partial charge in [-0.2, -0.15) is 4.98 Å². The third kappa shape index (κ3) is 3.75. The Morgan fingerprint density at radius 2 is 1.50 bits per heavy atom. The van der Waals surface area contributed by atoms with E-state index in [0.717, 1.165) is 32.6 Å². The molecule has 5 aromatic rings. The molecule has 7 heteroatoms. The quantitative estimate of drug-likeness (QED) is 0.320. The van der Waals surface area contributed by atoms with Crippen LogP contribution in [0.5, 0.6) is 11.5 Å². The summed E-state index contributed by atoms with van der Waals surface area (Å²) in [6, 6.07) is 25.2. The van der Waals surface area contributed by atoms with Crippen molar-refractivity contribution in [3.63, 3.8) is 0 Å². The van der Waals surface area contributed by atoms with E-state index in [2.05, 4.69) is 36.4 Å². The van der Waals surface area contributed by atoms with E-state index in [-0.39, 0.29) is 0 Å². The second kappa shape index (κ2) is 7.96. The van der Waals surface area contributed by atoms with Crippen molar-refractivity contribution in [3.05, 3.63) is 89.7 Å². The maximum absolute atomic E-state index is 5.87. The van der Waals surface area contributed by atoms with Gasteiger partial charge in [-0.1, -0.05) is 51.4 Å². The molecule has 0 unspecified atom stereocenters. The number of halogens is 1. The van der Waals surface area contributed by atoms with Crippen molar-refractivity contribution in [1.82, 2.24) is 15.1 Å². The van der Waals surface area contributed by atoms with Crippen LogP contribution in [0.15, 0.2) is 94.2 Å². The van der Waals surface area contributed by atoms with Gasteiger partial charge in [0.2, 0.25) is 0 Å². The van der Waals surface area contributed by atoms with Gasteiger partial charge in [-0.25, -0.2) is 4.98 Å². The molecule has 146 valence electrons. The Bertz CT molecular complexity index is 1290. The molecule has 0 radical (unpaired) electrons. The molecule has 0 fully saturated rings. The van der Waals surface area contributed by atoms with Crippen LogP contribution in [0.1, 0.15) is 0 Å². The van der Waals surface area contributed by atoms with E-state index in [0.29, 0.717) is 17.2 Å². The molecule has 0 saturated carbocycles. The number of hydrogen-bond donors (Lipinski definition) is 1. The van der Waals surface area contributed by atoms with Crippen LogP contribution < -0.4 is 10.1 Å². The van der Waals surface area contributed by atoms with E-state index in [4.69, 9.17) is 9.26 Å². The topological polar surface area (TPSA) is 73.1 Å². The van der Waals surface area contributed by atoms with Gasteiger partial charge in [0, 0.05) is 15.7 Å². The number of benzene rings is 3. The summed E-state index contributed by atoms with van der Waals surface area (Å²) in [6.07, 6.45) is 1.45. The van der Waals surface area contributed by atoms with Crippen LogP contribution in [0.4, 0.5) is 11.5 Å². The van der Waals surface area contributed by atoms with Gasteiger partial charge in [-0.15, -0.1) is 0 Å². The van der Waals surface area contributed by atoms with Gasteiger partial charge in [-0.3, -0.25) is 0 Å². The fourth-order valence-electron chi connectivity index (χ4n) is 3.06. The lowest BCUT2D eigenvalue weighted by Gasteiger charge is -2.09. The summed E-state index contributed by atoms with van der Waals surface area (Å²) < 4.78 is 12.3. The van der Waals surface area contributed by atoms with Gasteiger partial charge in [-0.05, 0) is 48.5 Å². The van der Waals surface area contributed by atoms with Gasteiger partial charge in [0.1, 0.15) is 34.7 Å². The third-order valence-electron chi connectivity index (χ3n) is 4.49. The van der Waals surface area contributed by atoms with E-state index in [1.165, 1.54) is 6.33 Å².